The summed E-state index contributed by atoms with van der Waals surface area (Å²) >= 11 is 0. The Morgan fingerprint density at radius 2 is 0.279 bits per heavy atom. The van der Waals surface area contributed by atoms with E-state index in [0.717, 1.165) is 191 Å². The molecule has 5 heterocycles. The van der Waals surface area contributed by atoms with E-state index in [-0.39, 0.29) is 0 Å². The van der Waals surface area contributed by atoms with Crippen LogP contribution in [0.15, 0.2) is 48.5 Å². The minimum Gasteiger partial charge on any atom is -0.377 e. The molecule has 0 aliphatic carbocycles. The van der Waals surface area contributed by atoms with E-state index < -0.39 is 0 Å². The number of benzene rings is 4. The molecule has 0 radical (unpaired) electrons. The molecule has 2 aliphatic rings. The molecule has 0 spiro atoms. The number of hydrogen-bond donors (Lipinski definition) is 2. The molecule has 8 bridgehead atoms. The maximum atomic E-state index is 6.95. The third kappa shape index (κ3) is 41.8. The van der Waals surface area contributed by atoms with Crippen molar-refractivity contribution in [1.82, 2.24) is 39.9 Å². The van der Waals surface area contributed by atoms with Crippen LogP contribution in [0.3, 0.4) is 0 Å². The second-order valence-electron chi connectivity index (χ2n) is 40.4. The van der Waals surface area contributed by atoms with Crippen LogP contribution < -0.4 is 0 Å². The molecule has 7 aromatic rings. The minimum absolute atomic E-state index is 0.372. The Balaban J connectivity index is 1.33. The molecule has 9 rings (SSSR count). The summed E-state index contributed by atoms with van der Waals surface area (Å²) in [5.41, 5.74) is 14.2. The fraction of sp³-hybridized carbons (Fsp3) is 0.733. The Morgan fingerprint density at radius 1 is 0.154 bits per heavy atom. The third-order valence-electron chi connectivity index (χ3n) is 28.3. The SMILES string of the molecule is CCCCCCCCCCOCc1ccc(COCCCCCCCCCC)c2c1-c1nc-2nc2[nH]c(nc3nc(nc4[nH]c(n1)c1c(COCCCCCCCCCC)ccc(COCCCCCCCCCC)c41)-c1c(COCCCCCCCCCC)ccc(COCCCCCCCCCC)c1-3)c1c(COCCCCCCCCCC)ccc(COCCCCCCCCCC)c21. The van der Waals surface area contributed by atoms with Gasteiger partial charge >= 0.3 is 0 Å². The fourth-order valence-corrected chi connectivity index (χ4v) is 20.0. The number of nitrogens with zero attached hydrogens (tertiary/aromatic N) is 6. The van der Waals surface area contributed by atoms with E-state index in [1.807, 2.05) is 0 Å². The average molecular weight is 1880 g/mol. The van der Waals surface area contributed by atoms with Crippen molar-refractivity contribution in [3.63, 3.8) is 0 Å². The summed E-state index contributed by atoms with van der Waals surface area (Å²) in [6.45, 7) is 26.6. The van der Waals surface area contributed by atoms with Gasteiger partial charge in [-0.1, -0.05) is 463 Å². The molecule has 0 saturated heterocycles. The van der Waals surface area contributed by atoms with Gasteiger partial charge < -0.3 is 47.9 Å². The van der Waals surface area contributed by atoms with Crippen LogP contribution in [-0.2, 0) is 90.7 Å². The first-order valence-electron chi connectivity index (χ1n) is 57.4. The van der Waals surface area contributed by atoms with Crippen molar-refractivity contribution in [3.8, 4) is 45.6 Å². The maximum absolute atomic E-state index is 6.95. The Bertz CT molecular complexity index is 3910. The van der Waals surface area contributed by atoms with Gasteiger partial charge in [0.2, 0.25) is 0 Å². The van der Waals surface area contributed by atoms with Crippen LogP contribution in [0.2, 0.25) is 0 Å². The Hall–Kier alpha value is -6.08. The van der Waals surface area contributed by atoms with Gasteiger partial charge in [-0.05, 0) is 95.9 Å². The summed E-state index contributed by atoms with van der Waals surface area (Å²) < 4.78 is 55.6. The molecule has 762 valence electrons. The van der Waals surface area contributed by atoms with Crippen LogP contribution in [0.1, 0.15) is 511 Å². The van der Waals surface area contributed by atoms with Gasteiger partial charge in [-0.25, -0.2) is 29.9 Å². The minimum atomic E-state index is 0.372. The first-order chi connectivity index (χ1) is 67.4. The maximum Gasteiger partial charge on any atom is 0.165 e. The second kappa shape index (κ2) is 73.1. The number of aromatic nitrogens is 8. The van der Waals surface area contributed by atoms with E-state index in [1.165, 1.54) is 308 Å². The lowest BCUT2D eigenvalue weighted by Gasteiger charge is -2.14. The van der Waals surface area contributed by atoms with Crippen LogP contribution in [-0.4, -0.2) is 92.7 Å². The molecule has 0 fully saturated rings. The Kier molecular flexibility index (Phi) is 61.0. The molecule has 0 saturated carbocycles. The molecular formula is C120H194N8O8. The number of rotatable bonds is 88. The quantitative estimate of drug-likeness (QED) is 0.0343. The van der Waals surface area contributed by atoms with Crippen LogP contribution in [0.25, 0.3) is 89.7 Å². The van der Waals surface area contributed by atoms with E-state index in [1.54, 1.807) is 0 Å². The number of unbranched alkanes of at least 4 members (excludes halogenated alkanes) is 56. The molecule has 16 heteroatoms. The summed E-state index contributed by atoms with van der Waals surface area (Å²) in [4.78, 5) is 44.2. The lowest BCUT2D eigenvalue weighted by atomic mass is 9.96. The van der Waals surface area contributed by atoms with Crippen LogP contribution >= 0.6 is 0 Å². The van der Waals surface area contributed by atoms with Gasteiger partial charge in [-0.3, -0.25) is 0 Å². The van der Waals surface area contributed by atoms with Crippen molar-refractivity contribution in [1.29, 1.82) is 0 Å². The summed E-state index contributed by atoms with van der Waals surface area (Å²) in [5.74, 6) is 2.18. The van der Waals surface area contributed by atoms with Crippen molar-refractivity contribution < 1.29 is 37.9 Å². The van der Waals surface area contributed by atoms with Crippen molar-refractivity contribution >= 4 is 44.1 Å². The largest absolute Gasteiger partial charge is 0.377 e. The highest BCUT2D eigenvalue weighted by Gasteiger charge is 2.31. The van der Waals surface area contributed by atoms with Crippen molar-refractivity contribution in [2.45, 2.75) is 519 Å². The number of hydrogen-bond acceptors (Lipinski definition) is 14. The molecule has 2 N–H and O–H groups in total. The van der Waals surface area contributed by atoms with Gasteiger partial charge in [0.25, 0.3) is 0 Å². The van der Waals surface area contributed by atoms with E-state index in [0.29, 0.717) is 152 Å². The summed E-state index contributed by atoms with van der Waals surface area (Å²) in [6, 6.07) is 18.1. The molecule has 16 nitrogen and oxygen atoms in total. The number of nitrogens with one attached hydrogen (secondary N) is 2. The highest BCUT2D eigenvalue weighted by Crippen LogP contribution is 2.45. The zero-order valence-electron chi connectivity index (χ0n) is 88.1. The molecule has 3 aromatic heterocycles. The Labute approximate surface area is 827 Å². The van der Waals surface area contributed by atoms with Crippen LogP contribution in [0.4, 0.5) is 0 Å². The van der Waals surface area contributed by atoms with Gasteiger partial charge in [-0.15, -0.1) is 0 Å². The highest BCUT2D eigenvalue weighted by atomic mass is 16.5. The van der Waals surface area contributed by atoms with Gasteiger partial charge in [0.05, 0.1) is 52.9 Å². The smallest absolute Gasteiger partial charge is 0.165 e. The standard InChI is InChI=1S/C120H194N8O8/c1-9-17-25-33-41-49-57-65-81-129-89-97-73-74-98(90-130-82-66-58-50-42-34-26-18-10-2)106-105(97)113-121-114(106)126-116-109-101(93-133-85-69-61-53-45-37-29-21-13-5)77-78-102(94-134-86-70-62-54-46-38-30-22-14-6)110(109)118(123-116)128-120-112-104(96-136-88-72-64-56-48-40-32-24-16-8)80-79-103(95-135-87-71-63-55-47-39-31-23-15-7)111(112)119(124-120)127-117-108-100(92-132-84-68-60-52-44-36-28-20-12-4)76-75-99(107(108)115(122-117)125-113)91-131-83-67-59-51-43-35-27-19-11-3/h73-80H,9-72,81-96H2,1-8H3,(H2,121,122,123,124,125,126,127,128). The van der Waals surface area contributed by atoms with Crippen molar-refractivity contribution in [2.24, 2.45) is 0 Å². The van der Waals surface area contributed by atoms with E-state index in [2.05, 4.69) is 114 Å². The number of ether oxygens (including phenoxy) is 8. The monoisotopic (exact) mass is 1880 g/mol. The Morgan fingerprint density at radius 3 is 0.426 bits per heavy atom. The van der Waals surface area contributed by atoms with E-state index >= 15 is 0 Å². The van der Waals surface area contributed by atoms with E-state index in [9.17, 15) is 0 Å². The number of fused-ring (bicyclic) bond motifs is 20. The van der Waals surface area contributed by atoms with Crippen LogP contribution in [0.5, 0.6) is 0 Å². The first kappa shape index (κ1) is 114. The highest BCUT2D eigenvalue weighted by molar-refractivity contribution is 6.10. The predicted octanol–water partition coefficient (Wildman–Crippen LogP) is 36.1. The number of H-pyrrole nitrogens is 2. The van der Waals surface area contributed by atoms with Gasteiger partial charge in [0, 0.05) is 96.7 Å². The molecule has 136 heavy (non-hydrogen) atoms. The molecule has 4 aromatic carbocycles. The summed E-state index contributed by atoms with van der Waals surface area (Å²) in [6.07, 6.45) is 78.4. The third-order valence-corrected chi connectivity index (χ3v) is 28.3. The van der Waals surface area contributed by atoms with Gasteiger partial charge in [-0.2, -0.15) is 0 Å². The lowest BCUT2D eigenvalue weighted by molar-refractivity contribution is 0.115. The van der Waals surface area contributed by atoms with Crippen molar-refractivity contribution in [2.75, 3.05) is 52.9 Å². The molecule has 0 atom stereocenters. The fourth-order valence-electron chi connectivity index (χ4n) is 20.0. The second-order valence-corrected chi connectivity index (χ2v) is 40.4. The summed E-state index contributed by atoms with van der Waals surface area (Å²) in [5, 5.41) is 3.71. The zero-order valence-corrected chi connectivity index (χ0v) is 88.1. The predicted molar refractivity (Wildman–Crippen MR) is 574 cm³/mol. The van der Waals surface area contributed by atoms with Gasteiger partial charge in [0.1, 0.15) is 22.6 Å². The normalized spacial score (nSPS) is 12.1. The van der Waals surface area contributed by atoms with Crippen LogP contribution in [0, 0.1) is 0 Å². The van der Waals surface area contributed by atoms with E-state index in [4.69, 9.17) is 67.8 Å². The van der Waals surface area contributed by atoms with Gasteiger partial charge in [0.15, 0.2) is 23.3 Å². The first-order valence-corrected chi connectivity index (χ1v) is 57.4. The zero-order chi connectivity index (χ0) is 95.4. The van der Waals surface area contributed by atoms with Crippen molar-refractivity contribution in [3.05, 3.63) is 93.0 Å². The average Bonchev–Trinajstić information content (AvgIpc) is 1.57. The topological polar surface area (TPSA) is 183 Å². The molecule has 0 amide bonds. The lowest BCUT2D eigenvalue weighted by Crippen LogP contribution is -2.03. The molecule has 2 aliphatic heterocycles. The number of aromatic amines is 2. The molecule has 0 unspecified atom stereocenters. The summed E-state index contributed by atoms with van der Waals surface area (Å²) in [7, 11) is 0. The molecular weight excluding hydrogens is 1680 g/mol.